The molecule has 0 aromatic heterocycles. The molecule has 4 atom stereocenters. The van der Waals surface area contributed by atoms with E-state index in [1.165, 1.54) is 93.0 Å². The number of rotatable bonds is 7. The van der Waals surface area contributed by atoms with Gasteiger partial charge in [-0.2, -0.15) is 0 Å². The van der Waals surface area contributed by atoms with Crippen molar-refractivity contribution in [1.29, 1.82) is 0 Å². The van der Waals surface area contributed by atoms with Crippen molar-refractivity contribution >= 4 is 61.0 Å². The molecule has 0 amide bonds. The summed E-state index contributed by atoms with van der Waals surface area (Å²) in [7, 11) is 0. The van der Waals surface area contributed by atoms with Crippen molar-refractivity contribution < 1.29 is 0 Å². The third kappa shape index (κ3) is 6.31. The number of hydrogen-bond acceptors (Lipinski definition) is 2. The molecule has 0 N–H and O–H groups in total. The molecule has 64 heavy (non-hydrogen) atoms. The van der Waals surface area contributed by atoms with Gasteiger partial charge in [-0.25, -0.2) is 0 Å². The molecule has 9 aromatic carbocycles. The number of benzene rings is 9. The first-order valence-corrected chi connectivity index (χ1v) is 23.4. The van der Waals surface area contributed by atoms with Gasteiger partial charge in [0.05, 0.1) is 6.04 Å². The lowest BCUT2D eigenvalue weighted by Crippen LogP contribution is -2.36. The Bertz CT molecular complexity index is 3420. The summed E-state index contributed by atoms with van der Waals surface area (Å²) in [5.74, 6) is 0.188. The quantitative estimate of drug-likeness (QED) is 0.147. The van der Waals surface area contributed by atoms with Crippen LogP contribution in [0.25, 0.3) is 71.3 Å². The predicted octanol–water partition coefficient (Wildman–Crippen LogP) is 16.8. The highest BCUT2D eigenvalue weighted by Gasteiger charge is 2.43. The lowest BCUT2D eigenvalue weighted by atomic mass is 9.76. The summed E-state index contributed by atoms with van der Waals surface area (Å²) in [6, 6.07) is 69.7. The van der Waals surface area contributed by atoms with E-state index in [4.69, 9.17) is 0 Å². The van der Waals surface area contributed by atoms with Crippen LogP contribution in [0.3, 0.4) is 0 Å². The fraction of sp³-hybridized carbons (Fsp3) is 0.0968. The van der Waals surface area contributed by atoms with Gasteiger partial charge < -0.3 is 4.90 Å². The third-order valence-corrected chi connectivity index (χ3v) is 15.6. The molecule has 306 valence electrons. The number of para-hydroxylation sites is 1. The molecule has 0 saturated heterocycles. The van der Waals surface area contributed by atoms with Crippen molar-refractivity contribution in [3.05, 3.63) is 242 Å². The van der Waals surface area contributed by atoms with Crippen LogP contribution in [-0.4, -0.2) is 11.3 Å². The first kappa shape index (κ1) is 38.5. The van der Waals surface area contributed by atoms with E-state index in [1.54, 1.807) is 0 Å². The Morgan fingerprint density at radius 2 is 1.20 bits per heavy atom. The molecule has 1 nitrogen and oxygen atoms in total. The fourth-order valence-corrected chi connectivity index (χ4v) is 12.4. The van der Waals surface area contributed by atoms with Crippen molar-refractivity contribution in [2.75, 3.05) is 4.90 Å². The zero-order chi connectivity index (χ0) is 42.8. The molecule has 0 radical (unpaired) electrons. The third-order valence-electron chi connectivity index (χ3n) is 14.0. The summed E-state index contributed by atoms with van der Waals surface area (Å²) in [6.07, 6.45) is 16.6. The zero-order valence-electron chi connectivity index (χ0n) is 36.0. The predicted molar refractivity (Wildman–Crippen MR) is 276 cm³/mol. The number of hydrogen-bond donors (Lipinski definition) is 0. The van der Waals surface area contributed by atoms with E-state index in [2.05, 4.69) is 249 Å². The van der Waals surface area contributed by atoms with Crippen LogP contribution in [0.15, 0.2) is 235 Å². The van der Waals surface area contributed by atoms with Crippen molar-refractivity contribution in [2.24, 2.45) is 5.92 Å². The molecule has 1 heterocycles. The number of allylic oxidation sites excluding steroid dienone is 5. The van der Waals surface area contributed by atoms with Gasteiger partial charge in [-0.3, -0.25) is 0 Å². The average Bonchev–Trinajstić information content (AvgIpc) is 3.66. The van der Waals surface area contributed by atoms with Crippen molar-refractivity contribution in [3.8, 4) is 33.4 Å². The maximum absolute atomic E-state index is 2.62. The minimum absolute atomic E-state index is 0.00252. The molecule has 9 aromatic rings. The Labute approximate surface area is 380 Å². The highest BCUT2D eigenvalue weighted by atomic mass is 32.2. The smallest absolute Gasteiger partial charge is 0.0586 e. The molecule has 0 saturated carbocycles. The molecule has 0 fully saturated rings. The minimum atomic E-state index is 0.00252. The summed E-state index contributed by atoms with van der Waals surface area (Å²) in [5, 5.41) is 8.00. The molecule has 0 spiro atoms. The van der Waals surface area contributed by atoms with Crippen molar-refractivity contribution in [3.63, 3.8) is 0 Å². The standard InChI is InChI=1S/C62H47NS/c1-41-39-46(51-28-16-31-56-61(51)64-59-33-10-11-38-62(56,59)2)35-37-57(41)63(47-23-12-22-45(40-47)49-26-15-29-52-48-24-7-6-19-43(48)34-36-53(49)52)58-32-9-8-25-54(58)55-30-14-21-44-20-13-27-50(60(44)55)42-17-4-3-5-18-42/h3-41,57,59H,1-2H3. The number of nitrogens with zero attached hydrogens (tertiary/aromatic N) is 1. The van der Waals surface area contributed by atoms with E-state index in [-0.39, 0.29) is 17.4 Å². The minimum Gasteiger partial charge on any atom is -0.333 e. The average molecular weight is 838 g/mol. The Balaban J connectivity index is 1.03. The second-order valence-electron chi connectivity index (χ2n) is 17.8. The highest BCUT2D eigenvalue weighted by molar-refractivity contribution is 8.00. The summed E-state index contributed by atoms with van der Waals surface area (Å²) in [5.41, 5.74) is 13.8. The molecular weight excluding hydrogens is 791 g/mol. The van der Waals surface area contributed by atoms with E-state index in [0.29, 0.717) is 5.25 Å². The van der Waals surface area contributed by atoms with Crippen molar-refractivity contribution in [1.82, 2.24) is 0 Å². The number of anilines is 2. The lowest BCUT2D eigenvalue weighted by Gasteiger charge is -2.38. The topological polar surface area (TPSA) is 3.24 Å². The second-order valence-corrected chi connectivity index (χ2v) is 18.9. The Morgan fingerprint density at radius 1 is 0.516 bits per heavy atom. The molecule has 1 aliphatic heterocycles. The molecule has 3 aliphatic rings. The van der Waals surface area contributed by atoms with Gasteiger partial charge in [0.1, 0.15) is 0 Å². The molecule has 4 unspecified atom stereocenters. The first-order chi connectivity index (χ1) is 31.5. The largest absolute Gasteiger partial charge is 0.333 e. The van der Waals surface area contributed by atoms with E-state index < -0.39 is 0 Å². The molecule has 2 aliphatic carbocycles. The van der Waals surface area contributed by atoms with E-state index in [1.807, 2.05) is 11.8 Å². The maximum Gasteiger partial charge on any atom is 0.0586 e. The van der Waals surface area contributed by atoms with E-state index >= 15 is 0 Å². The normalized spacial score (nSPS) is 19.8. The molecule has 12 rings (SSSR count). The van der Waals surface area contributed by atoms with Crippen molar-refractivity contribution in [2.45, 2.75) is 35.4 Å². The second kappa shape index (κ2) is 15.6. The first-order valence-electron chi connectivity index (χ1n) is 22.6. The summed E-state index contributed by atoms with van der Waals surface area (Å²) in [4.78, 5) is 4.03. The Hall–Kier alpha value is -7.13. The Morgan fingerprint density at radius 3 is 2.09 bits per heavy atom. The molecular formula is C62H47NS. The lowest BCUT2D eigenvalue weighted by molar-refractivity contribution is 0.611. The van der Waals surface area contributed by atoms with Gasteiger partial charge in [0.25, 0.3) is 0 Å². The van der Waals surface area contributed by atoms with E-state index in [0.717, 1.165) is 5.69 Å². The summed E-state index contributed by atoms with van der Waals surface area (Å²) >= 11 is 2.02. The van der Waals surface area contributed by atoms with E-state index in [9.17, 15) is 0 Å². The van der Waals surface area contributed by atoms with Crippen LogP contribution in [0, 0.1) is 5.92 Å². The van der Waals surface area contributed by atoms with Crippen LogP contribution in [0.1, 0.15) is 25.0 Å². The fourth-order valence-electron chi connectivity index (χ4n) is 10.8. The maximum atomic E-state index is 2.62. The highest BCUT2D eigenvalue weighted by Crippen LogP contribution is 2.55. The SMILES string of the molecule is CC1C=C(c2cccc3c2SC2C=CC=CC32C)C=CC1N(c1cccc(-c2cccc3c2ccc2ccccc23)c1)c1ccccc1-c1cccc2cccc(-c3ccccc3)c12. The van der Waals surface area contributed by atoms with Gasteiger partial charge in [-0.15, -0.1) is 11.8 Å². The number of fused-ring (bicyclic) bond motifs is 7. The van der Waals surface area contributed by atoms with Crippen LogP contribution in [0.4, 0.5) is 11.4 Å². The zero-order valence-corrected chi connectivity index (χ0v) is 36.8. The summed E-state index contributed by atoms with van der Waals surface area (Å²) in [6.45, 7) is 4.80. The van der Waals surface area contributed by atoms with Gasteiger partial charge in [-0.05, 0) is 101 Å². The Kier molecular flexibility index (Phi) is 9.39. The van der Waals surface area contributed by atoms with Gasteiger partial charge in [-0.1, -0.05) is 226 Å². The molecule has 2 heteroatoms. The summed E-state index contributed by atoms with van der Waals surface area (Å²) < 4.78 is 0. The van der Waals surface area contributed by atoms with Gasteiger partial charge in [0.2, 0.25) is 0 Å². The van der Waals surface area contributed by atoms with Gasteiger partial charge >= 0.3 is 0 Å². The molecule has 0 bridgehead atoms. The van der Waals surface area contributed by atoms with Gasteiger partial charge in [0.15, 0.2) is 0 Å². The van der Waals surface area contributed by atoms with Crippen LogP contribution in [0.2, 0.25) is 0 Å². The van der Waals surface area contributed by atoms with Crippen LogP contribution >= 0.6 is 11.8 Å². The van der Waals surface area contributed by atoms with Crippen LogP contribution in [0.5, 0.6) is 0 Å². The monoisotopic (exact) mass is 837 g/mol. The van der Waals surface area contributed by atoms with Gasteiger partial charge in [0, 0.05) is 32.5 Å². The van der Waals surface area contributed by atoms with Crippen LogP contribution in [-0.2, 0) is 5.41 Å². The van der Waals surface area contributed by atoms with Crippen LogP contribution < -0.4 is 4.90 Å². The number of thioether (sulfide) groups is 1.